The Kier molecular flexibility index (Phi) is 3.77. The van der Waals surface area contributed by atoms with E-state index in [9.17, 15) is 18.0 Å². The second-order valence-electron chi connectivity index (χ2n) is 4.61. The van der Waals surface area contributed by atoms with Crippen LogP contribution in [0.2, 0.25) is 0 Å². The first-order valence-corrected chi connectivity index (χ1v) is 7.21. The Morgan fingerprint density at radius 3 is 2.57 bits per heavy atom. The highest BCUT2D eigenvalue weighted by molar-refractivity contribution is 8.18. The maximum absolute atomic E-state index is 13.0. The van der Waals surface area contributed by atoms with Crippen LogP contribution in [-0.2, 0) is 11.0 Å². The summed E-state index contributed by atoms with van der Waals surface area (Å²) >= 11 is 0.980. The number of thioether (sulfide) groups is 1. The lowest BCUT2D eigenvalue weighted by atomic mass is 10.1. The molecule has 0 unspecified atom stereocenters. The topological polar surface area (TPSA) is 68.6 Å². The summed E-state index contributed by atoms with van der Waals surface area (Å²) in [5, 5.41) is 0.121. The van der Waals surface area contributed by atoms with Crippen LogP contribution in [0.15, 0.2) is 50.7 Å². The average Bonchev–Trinajstić information content (AvgIpc) is 3.05. The molecule has 1 aromatic carbocycles. The summed E-state index contributed by atoms with van der Waals surface area (Å²) in [7, 11) is 0. The van der Waals surface area contributed by atoms with Gasteiger partial charge in [0.1, 0.15) is 11.5 Å². The van der Waals surface area contributed by atoms with Gasteiger partial charge in [-0.3, -0.25) is 4.79 Å². The Hall–Kier alpha value is -2.48. The van der Waals surface area contributed by atoms with E-state index in [1.807, 2.05) is 0 Å². The third kappa shape index (κ3) is 3.16. The number of benzene rings is 1. The minimum absolute atomic E-state index is 0.0640. The summed E-state index contributed by atoms with van der Waals surface area (Å²) in [4.78, 5) is 15.3. The van der Waals surface area contributed by atoms with Gasteiger partial charge in [0.25, 0.3) is 5.91 Å². The first-order valence-electron chi connectivity index (χ1n) is 6.39. The standard InChI is InChI=1S/C15H9F3N2O2S/c16-15(17,18)10-4-2-1-3-9(10)11-6-5-8(22-11)7-12-13(21)20-14(19)23-12/h1-7H,(H2,19,20,21). The summed E-state index contributed by atoms with van der Waals surface area (Å²) in [6.45, 7) is 0. The van der Waals surface area contributed by atoms with Gasteiger partial charge in [0.2, 0.25) is 0 Å². The summed E-state index contributed by atoms with van der Waals surface area (Å²) in [5.41, 5.74) is 4.58. The van der Waals surface area contributed by atoms with Crippen LogP contribution in [0.4, 0.5) is 13.2 Å². The molecule has 2 heterocycles. The number of hydrogen-bond acceptors (Lipinski definition) is 4. The Bertz CT molecular complexity index is 837. The third-order valence-electron chi connectivity index (χ3n) is 3.04. The van der Waals surface area contributed by atoms with Gasteiger partial charge in [-0.1, -0.05) is 18.2 Å². The third-order valence-corrected chi connectivity index (χ3v) is 3.85. The van der Waals surface area contributed by atoms with Crippen LogP contribution in [0, 0.1) is 0 Å². The van der Waals surface area contributed by atoms with Gasteiger partial charge in [0, 0.05) is 11.6 Å². The van der Waals surface area contributed by atoms with Crippen molar-refractivity contribution in [3.05, 3.63) is 52.6 Å². The van der Waals surface area contributed by atoms with Crippen molar-refractivity contribution in [1.82, 2.24) is 0 Å². The fourth-order valence-electron chi connectivity index (χ4n) is 2.08. The quantitative estimate of drug-likeness (QED) is 0.844. The van der Waals surface area contributed by atoms with Crippen molar-refractivity contribution in [3.63, 3.8) is 0 Å². The predicted octanol–water partition coefficient (Wildman–Crippen LogP) is 3.89. The van der Waals surface area contributed by atoms with Crippen molar-refractivity contribution in [2.24, 2.45) is 10.7 Å². The molecule has 0 spiro atoms. The van der Waals surface area contributed by atoms with E-state index in [0.717, 1.165) is 17.8 Å². The lowest BCUT2D eigenvalue weighted by Gasteiger charge is -2.10. The van der Waals surface area contributed by atoms with Crippen LogP contribution in [0.25, 0.3) is 17.4 Å². The molecular formula is C15H9F3N2O2S. The highest BCUT2D eigenvalue weighted by Gasteiger charge is 2.34. The molecule has 0 atom stereocenters. The lowest BCUT2D eigenvalue weighted by Crippen LogP contribution is -2.06. The van der Waals surface area contributed by atoms with E-state index in [0.29, 0.717) is 0 Å². The SMILES string of the molecule is NC1=NC(=O)C(=Cc2ccc(-c3ccccc3C(F)(F)F)o2)S1. The van der Waals surface area contributed by atoms with Crippen molar-refractivity contribution >= 4 is 28.9 Å². The van der Waals surface area contributed by atoms with Crippen molar-refractivity contribution in [2.45, 2.75) is 6.18 Å². The Morgan fingerprint density at radius 2 is 1.91 bits per heavy atom. The van der Waals surface area contributed by atoms with Gasteiger partial charge in [-0.25, -0.2) is 0 Å². The molecule has 4 nitrogen and oxygen atoms in total. The van der Waals surface area contributed by atoms with Gasteiger partial charge in [-0.2, -0.15) is 18.2 Å². The van der Waals surface area contributed by atoms with Crippen LogP contribution in [-0.4, -0.2) is 11.1 Å². The number of rotatable bonds is 2. The molecule has 0 aliphatic carbocycles. The Labute approximate surface area is 132 Å². The van der Waals surface area contributed by atoms with Crippen LogP contribution < -0.4 is 5.73 Å². The summed E-state index contributed by atoms with van der Waals surface area (Å²) < 4.78 is 44.5. The molecule has 0 saturated carbocycles. The number of carbonyl (C=O) groups excluding carboxylic acids is 1. The minimum atomic E-state index is -4.48. The van der Waals surface area contributed by atoms with Crippen LogP contribution in [0.5, 0.6) is 0 Å². The number of amidine groups is 1. The smallest absolute Gasteiger partial charge is 0.417 e. The Balaban J connectivity index is 1.95. The van der Waals surface area contributed by atoms with Crippen molar-refractivity contribution < 1.29 is 22.4 Å². The first kappa shape index (κ1) is 15.4. The molecular weight excluding hydrogens is 329 g/mol. The number of nitrogens with two attached hydrogens (primary N) is 1. The molecule has 0 saturated heterocycles. The first-order chi connectivity index (χ1) is 10.8. The number of halogens is 3. The van der Waals surface area contributed by atoms with Gasteiger partial charge in [0.15, 0.2) is 5.17 Å². The number of amides is 1. The Morgan fingerprint density at radius 1 is 1.17 bits per heavy atom. The number of furan rings is 1. The molecule has 118 valence electrons. The molecule has 0 fully saturated rings. The highest BCUT2D eigenvalue weighted by Crippen LogP contribution is 2.38. The van der Waals surface area contributed by atoms with Gasteiger partial charge < -0.3 is 10.2 Å². The minimum Gasteiger partial charge on any atom is -0.457 e. The fraction of sp³-hybridized carbons (Fsp3) is 0.0667. The van der Waals surface area contributed by atoms with Crippen LogP contribution in [0.3, 0.4) is 0 Å². The zero-order valence-electron chi connectivity index (χ0n) is 11.4. The fourth-order valence-corrected chi connectivity index (χ4v) is 2.74. The van der Waals surface area contributed by atoms with E-state index in [1.165, 1.54) is 36.4 Å². The average molecular weight is 338 g/mol. The molecule has 1 aromatic heterocycles. The monoisotopic (exact) mass is 338 g/mol. The lowest BCUT2D eigenvalue weighted by molar-refractivity contribution is -0.137. The van der Waals surface area contributed by atoms with E-state index in [1.54, 1.807) is 0 Å². The summed E-state index contributed by atoms with van der Waals surface area (Å²) in [5.74, 6) is -0.187. The zero-order chi connectivity index (χ0) is 16.6. The summed E-state index contributed by atoms with van der Waals surface area (Å²) in [6.07, 6.45) is -3.09. The van der Waals surface area contributed by atoms with Crippen molar-refractivity contribution in [2.75, 3.05) is 0 Å². The molecule has 0 radical (unpaired) electrons. The van der Waals surface area contributed by atoms with E-state index in [4.69, 9.17) is 10.2 Å². The van der Waals surface area contributed by atoms with Gasteiger partial charge in [-0.15, -0.1) is 0 Å². The molecule has 3 rings (SSSR count). The molecule has 2 N–H and O–H groups in total. The summed E-state index contributed by atoms with van der Waals surface area (Å²) in [6, 6.07) is 8.03. The van der Waals surface area contributed by atoms with Crippen LogP contribution >= 0.6 is 11.8 Å². The maximum Gasteiger partial charge on any atom is 0.417 e. The molecule has 1 aliphatic heterocycles. The number of alkyl halides is 3. The second kappa shape index (κ2) is 5.62. The molecule has 8 heteroatoms. The van der Waals surface area contributed by atoms with E-state index >= 15 is 0 Å². The number of carbonyl (C=O) groups is 1. The molecule has 23 heavy (non-hydrogen) atoms. The normalized spacial score (nSPS) is 16.9. The zero-order valence-corrected chi connectivity index (χ0v) is 12.2. The van der Waals surface area contributed by atoms with Crippen molar-refractivity contribution in [3.8, 4) is 11.3 Å². The molecule has 2 aromatic rings. The van der Waals surface area contributed by atoms with Crippen LogP contribution in [0.1, 0.15) is 11.3 Å². The number of nitrogens with zero attached hydrogens (tertiary/aromatic N) is 1. The second-order valence-corrected chi connectivity index (χ2v) is 5.67. The van der Waals surface area contributed by atoms with E-state index in [-0.39, 0.29) is 27.2 Å². The molecule has 1 amide bonds. The van der Waals surface area contributed by atoms with Crippen molar-refractivity contribution in [1.29, 1.82) is 0 Å². The predicted molar refractivity (Wildman–Crippen MR) is 81.3 cm³/mol. The number of hydrogen-bond donors (Lipinski definition) is 1. The largest absolute Gasteiger partial charge is 0.457 e. The molecule has 1 aliphatic rings. The van der Waals surface area contributed by atoms with E-state index < -0.39 is 17.6 Å². The number of aliphatic imine (C=N–C) groups is 1. The molecule has 0 bridgehead atoms. The van der Waals surface area contributed by atoms with Gasteiger partial charge in [-0.05, 0) is 30.0 Å². The van der Waals surface area contributed by atoms with Gasteiger partial charge >= 0.3 is 6.18 Å². The van der Waals surface area contributed by atoms with Gasteiger partial charge in [0.05, 0.1) is 10.5 Å². The van der Waals surface area contributed by atoms with E-state index in [2.05, 4.69) is 4.99 Å². The maximum atomic E-state index is 13.0. The highest BCUT2D eigenvalue weighted by atomic mass is 32.2.